The minimum atomic E-state index is -2.36. The van der Waals surface area contributed by atoms with Gasteiger partial charge >= 0.3 is 5.97 Å². The van der Waals surface area contributed by atoms with Gasteiger partial charge in [0.05, 0.1) is 6.54 Å². The number of alkyl halides is 2. The lowest BCUT2D eigenvalue weighted by Gasteiger charge is -1.98. The van der Waals surface area contributed by atoms with Crippen LogP contribution < -0.4 is 5.32 Å². The summed E-state index contributed by atoms with van der Waals surface area (Å²) in [6.45, 7) is -0.212. The lowest BCUT2D eigenvalue weighted by Crippen LogP contribution is -2.24. The van der Waals surface area contributed by atoms with E-state index in [2.05, 4.69) is 5.32 Å². The van der Waals surface area contributed by atoms with Crippen LogP contribution in [-0.2, 0) is 4.79 Å². The largest absolute Gasteiger partial charge is 0.480 e. The van der Waals surface area contributed by atoms with Crippen LogP contribution >= 0.6 is 0 Å². The monoisotopic (exact) mass is 153 g/mol. The number of aliphatic carboxylic acids is 1. The Morgan fingerprint density at radius 3 is 2.60 bits per heavy atom. The fourth-order valence-corrected chi connectivity index (χ4v) is 0.406. The van der Waals surface area contributed by atoms with E-state index in [0.29, 0.717) is 0 Å². The Morgan fingerprint density at radius 1 is 1.60 bits per heavy atom. The molecule has 0 fully saturated rings. The van der Waals surface area contributed by atoms with Gasteiger partial charge in [-0.25, -0.2) is 8.78 Å². The molecule has 60 valence electrons. The fraction of sp³-hybridized carbons (Fsp3) is 0.800. The number of rotatable bonds is 5. The molecule has 0 radical (unpaired) electrons. The van der Waals surface area contributed by atoms with Crippen LogP contribution in [-0.4, -0.2) is 30.6 Å². The van der Waals surface area contributed by atoms with Gasteiger partial charge in [-0.15, -0.1) is 0 Å². The Hall–Kier alpha value is -0.710. The molecular formula is C5H9F2NO2. The van der Waals surface area contributed by atoms with Crippen molar-refractivity contribution >= 4 is 5.97 Å². The second kappa shape index (κ2) is 5.10. The minimum absolute atomic E-state index is 0.0456. The maximum Gasteiger partial charge on any atom is 0.317 e. The highest BCUT2D eigenvalue weighted by Gasteiger charge is 2.01. The highest BCUT2D eigenvalue weighted by atomic mass is 19.3. The van der Waals surface area contributed by atoms with Gasteiger partial charge in [0.15, 0.2) is 0 Å². The van der Waals surface area contributed by atoms with Gasteiger partial charge in [0.1, 0.15) is 0 Å². The van der Waals surface area contributed by atoms with E-state index in [1.54, 1.807) is 0 Å². The maximum absolute atomic E-state index is 11.4. The molecule has 0 bridgehead atoms. The molecule has 0 rings (SSSR count). The molecule has 0 atom stereocenters. The van der Waals surface area contributed by atoms with Crippen molar-refractivity contribution in [2.24, 2.45) is 0 Å². The number of nitrogens with one attached hydrogen (secondary N) is 1. The average Bonchev–Trinajstić information content (AvgIpc) is 1.79. The summed E-state index contributed by atoms with van der Waals surface area (Å²) in [4.78, 5) is 9.79. The summed E-state index contributed by atoms with van der Waals surface area (Å²) in [5.74, 6) is -1.03. The third kappa shape index (κ3) is 7.29. The number of carboxylic acids is 1. The molecule has 3 nitrogen and oxygen atoms in total. The van der Waals surface area contributed by atoms with E-state index in [1.807, 2.05) is 0 Å². The molecule has 0 spiro atoms. The van der Waals surface area contributed by atoms with Crippen molar-refractivity contribution < 1.29 is 18.7 Å². The van der Waals surface area contributed by atoms with Crippen LogP contribution in [0.25, 0.3) is 0 Å². The topological polar surface area (TPSA) is 49.3 Å². The molecule has 0 aliphatic rings. The van der Waals surface area contributed by atoms with Crippen molar-refractivity contribution in [2.75, 3.05) is 13.1 Å². The third-order valence-electron chi connectivity index (χ3n) is 0.816. The molecule has 0 heterocycles. The van der Waals surface area contributed by atoms with Crippen LogP contribution in [0.2, 0.25) is 0 Å². The highest BCUT2D eigenvalue weighted by molar-refractivity contribution is 5.68. The summed E-state index contributed by atoms with van der Waals surface area (Å²) in [7, 11) is 0. The minimum Gasteiger partial charge on any atom is -0.480 e. The smallest absolute Gasteiger partial charge is 0.317 e. The number of carbonyl (C=O) groups is 1. The molecule has 0 aliphatic heterocycles. The van der Waals surface area contributed by atoms with Crippen LogP contribution in [0.3, 0.4) is 0 Å². The van der Waals surface area contributed by atoms with Crippen molar-refractivity contribution in [2.45, 2.75) is 12.8 Å². The van der Waals surface area contributed by atoms with E-state index >= 15 is 0 Å². The zero-order valence-corrected chi connectivity index (χ0v) is 5.31. The first-order valence-electron chi connectivity index (χ1n) is 2.83. The van der Waals surface area contributed by atoms with Crippen molar-refractivity contribution in [3.05, 3.63) is 0 Å². The molecule has 5 heteroatoms. The van der Waals surface area contributed by atoms with E-state index in [0.717, 1.165) is 0 Å². The molecule has 0 unspecified atom stereocenters. The standard InChI is InChI=1S/C5H9F2NO2/c6-4(7)1-2-8-3-5(9)10/h4,8H,1-3H2,(H,9,10). The Labute approximate surface area is 57.0 Å². The maximum atomic E-state index is 11.4. The Kier molecular flexibility index (Phi) is 4.74. The van der Waals surface area contributed by atoms with Gasteiger partial charge in [-0.3, -0.25) is 4.79 Å². The summed E-state index contributed by atoms with van der Waals surface area (Å²) >= 11 is 0. The van der Waals surface area contributed by atoms with E-state index in [1.165, 1.54) is 0 Å². The summed E-state index contributed by atoms with van der Waals surface area (Å²) in [5.41, 5.74) is 0. The van der Waals surface area contributed by atoms with Gasteiger partial charge < -0.3 is 10.4 Å². The molecular weight excluding hydrogens is 144 g/mol. The van der Waals surface area contributed by atoms with E-state index in [4.69, 9.17) is 5.11 Å². The number of hydrogen-bond acceptors (Lipinski definition) is 2. The van der Waals surface area contributed by atoms with E-state index in [-0.39, 0.29) is 19.5 Å². The third-order valence-corrected chi connectivity index (χ3v) is 0.816. The second-order valence-corrected chi connectivity index (χ2v) is 1.75. The highest BCUT2D eigenvalue weighted by Crippen LogP contribution is 1.95. The van der Waals surface area contributed by atoms with Gasteiger partial charge in [-0.05, 0) is 0 Å². The molecule has 0 aromatic heterocycles. The fourth-order valence-electron chi connectivity index (χ4n) is 0.406. The lowest BCUT2D eigenvalue weighted by molar-refractivity contribution is -0.136. The number of halogens is 2. The van der Waals surface area contributed by atoms with Crippen LogP contribution in [0.5, 0.6) is 0 Å². The van der Waals surface area contributed by atoms with Crippen molar-refractivity contribution in [1.29, 1.82) is 0 Å². The van der Waals surface area contributed by atoms with Crippen LogP contribution in [0.1, 0.15) is 6.42 Å². The normalized spacial score (nSPS) is 10.3. The van der Waals surface area contributed by atoms with Gasteiger partial charge in [-0.2, -0.15) is 0 Å². The molecule has 0 saturated carbocycles. The molecule has 0 aromatic carbocycles. The molecule has 0 aliphatic carbocycles. The first kappa shape index (κ1) is 9.29. The van der Waals surface area contributed by atoms with Gasteiger partial charge in [0, 0.05) is 13.0 Å². The Morgan fingerprint density at radius 2 is 2.20 bits per heavy atom. The SMILES string of the molecule is O=C(O)CNCCC(F)F. The predicted octanol–water partition coefficient (Wildman–Crippen LogP) is 0.316. The molecule has 0 saturated heterocycles. The predicted molar refractivity (Wildman–Crippen MR) is 31.1 cm³/mol. The average molecular weight is 153 g/mol. The molecule has 2 N–H and O–H groups in total. The number of hydrogen-bond donors (Lipinski definition) is 2. The molecule has 0 aromatic rings. The van der Waals surface area contributed by atoms with Crippen molar-refractivity contribution in [1.82, 2.24) is 5.32 Å². The van der Waals surface area contributed by atoms with Crippen molar-refractivity contribution in [3.63, 3.8) is 0 Å². The van der Waals surface area contributed by atoms with Crippen LogP contribution in [0.15, 0.2) is 0 Å². The van der Waals surface area contributed by atoms with E-state index < -0.39 is 12.4 Å². The summed E-state index contributed by atoms with van der Waals surface area (Å²) in [5, 5.41) is 10.4. The van der Waals surface area contributed by atoms with E-state index in [9.17, 15) is 13.6 Å². The Bertz CT molecular complexity index is 108. The molecule has 10 heavy (non-hydrogen) atoms. The Balaban J connectivity index is 2.98. The van der Waals surface area contributed by atoms with Crippen molar-refractivity contribution in [3.8, 4) is 0 Å². The van der Waals surface area contributed by atoms with Crippen LogP contribution in [0, 0.1) is 0 Å². The van der Waals surface area contributed by atoms with Crippen LogP contribution in [0.4, 0.5) is 8.78 Å². The second-order valence-electron chi connectivity index (χ2n) is 1.75. The lowest BCUT2D eigenvalue weighted by atomic mass is 10.4. The van der Waals surface area contributed by atoms with Gasteiger partial charge in [-0.1, -0.05) is 0 Å². The quantitative estimate of drug-likeness (QED) is 0.559. The summed E-state index contributed by atoms with van der Waals surface area (Å²) < 4.78 is 22.7. The summed E-state index contributed by atoms with van der Waals surface area (Å²) in [6, 6.07) is 0. The first-order chi connectivity index (χ1) is 4.63. The molecule has 0 amide bonds. The zero-order chi connectivity index (χ0) is 7.98. The number of carboxylic acid groups (broad SMARTS) is 1. The summed E-state index contributed by atoms with van der Waals surface area (Å²) in [6.07, 6.45) is -2.66. The first-order valence-corrected chi connectivity index (χ1v) is 2.83. The van der Waals surface area contributed by atoms with Gasteiger partial charge in [0.25, 0.3) is 0 Å². The van der Waals surface area contributed by atoms with Gasteiger partial charge in [0.2, 0.25) is 6.43 Å². The zero-order valence-electron chi connectivity index (χ0n) is 5.31.